The summed E-state index contributed by atoms with van der Waals surface area (Å²) >= 11 is 0. The molecule has 2 heterocycles. The molecule has 5 rings (SSSR count). The largest absolute Gasteiger partial charge is 0.493 e. The molecule has 0 unspecified atom stereocenters. The molecule has 49 heavy (non-hydrogen) atoms. The zero-order chi connectivity index (χ0) is 34.9. The number of carbonyl (C=O) groups is 2. The highest BCUT2D eigenvalue weighted by Gasteiger charge is 2.21. The number of hydrogen-bond acceptors (Lipinski definition) is 9. The van der Waals surface area contributed by atoms with E-state index in [1.807, 2.05) is 75.1 Å². The van der Waals surface area contributed by atoms with Gasteiger partial charge in [-0.3, -0.25) is 9.59 Å². The molecule has 0 radical (unpaired) electrons. The second-order valence-corrected chi connectivity index (χ2v) is 12.2. The molecule has 0 spiro atoms. The molecule has 0 bridgehead atoms. The van der Waals surface area contributed by atoms with Crippen LogP contribution in [0.25, 0.3) is 0 Å². The van der Waals surface area contributed by atoms with Crippen molar-refractivity contribution in [2.45, 2.75) is 40.5 Å². The predicted octanol–water partition coefficient (Wildman–Crippen LogP) is 6.44. The fraction of sp³-hybridized carbons (Fsp3) is 0.368. The fourth-order valence-electron chi connectivity index (χ4n) is 5.84. The van der Waals surface area contributed by atoms with Gasteiger partial charge in [0.25, 0.3) is 5.91 Å². The van der Waals surface area contributed by atoms with Crippen LogP contribution in [-0.4, -0.2) is 85.0 Å². The number of likely N-dealkylation sites (N-methyl/N-ethyl adjacent to an activating group) is 1. The van der Waals surface area contributed by atoms with Gasteiger partial charge in [0.05, 0.1) is 7.11 Å². The summed E-state index contributed by atoms with van der Waals surface area (Å²) in [6.07, 6.45) is 2.42. The van der Waals surface area contributed by atoms with Crippen molar-refractivity contribution in [2.75, 3.05) is 69.0 Å². The Kier molecular flexibility index (Phi) is 11.7. The Bertz CT molecular complexity index is 1730. The number of amides is 2. The highest BCUT2D eigenvalue weighted by Crippen LogP contribution is 2.34. The van der Waals surface area contributed by atoms with E-state index in [1.165, 1.54) is 6.20 Å². The molecule has 0 aliphatic carbocycles. The Morgan fingerprint density at radius 2 is 1.61 bits per heavy atom. The number of nitrogens with one attached hydrogen (secondary N) is 2. The van der Waals surface area contributed by atoms with Crippen molar-refractivity contribution >= 4 is 34.8 Å². The number of methoxy groups -OCH3 is 1. The van der Waals surface area contributed by atoms with Crippen molar-refractivity contribution in [3.8, 4) is 17.4 Å². The number of rotatable bonds is 13. The summed E-state index contributed by atoms with van der Waals surface area (Å²) in [5, 5.41) is 6.28. The number of benzene rings is 3. The van der Waals surface area contributed by atoms with E-state index in [2.05, 4.69) is 49.6 Å². The molecule has 4 aromatic rings. The number of carbonyl (C=O) groups excluding carboxylic acids is 2. The standard InChI is InChI=1S/C38H47N7O4/c1-7-44(8-2)34(46)19-13-28-12-18-32(33(24-28)48-6)49-37-31(36(47)41-35-26(3)10-9-11-27(35)4)25-39-38(42-37)40-29-14-16-30(17-15-29)45-22-20-43(5)21-23-45/h9-12,14-18,24-25H,7-8,13,19-23H2,1-6H3,(H,41,47)(H,39,40,42). The first kappa shape index (κ1) is 35.2. The van der Waals surface area contributed by atoms with Gasteiger partial charge in [-0.05, 0) is 94.3 Å². The zero-order valence-electron chi connectivity index (χ0n) is 29.4. The minimum atomic E-state index is -0.402. The Labute approximate surface area is 289 Å². The van der Waals surface area contributed by atoms with Crippen LogP contribution in [0.1, 0.15) is 47.3 Å². The molecular formula is C38H47N7O4. The molecule has 3 aromatic carbocycles. The van der Waals surface area contributed by atoms with Crippen LogP contribution in [0.3, 0.4) is 0 Å². The van der Waals surface area contributed by atoms with E-state index in [0.717, 1.165) is 59.9 Å². The van der Waals surface area contributed by atoms with Gasteiger partial charge in [0.15, 0.2) is 11.5 Å². The van der Waals surface area contributed by atoms with Crippen molar-refractivity contribution in [2.24, 2.45) is 0 Å². The van der Waals surface area contributed by atoms with Crippen LogP contribution in [0, 0.1) is 13.8 Å². The predicted molar refractivity (Wildman–Crippen MR) is 195 cm³/mol. The molecule has 2 amide bonds. The van der Waals surface area contributed by atoms with Gasteiger partial charge in [0, 0.05) is 68.9 Å². The highest BCUT2D eigenvalue weighted by molar-refractivity contribution is 6.06. The maximum atomic E-state index is 13.7. The molecule has 258 valence electrons. The molecular weight excluding hydrogens is 618 g/mol. The molecule has 1 aliphatic heterocycles. The number of para-hydroxylation sites is 1. The van der Waals surface area contributed by atoms with Gasteiger partial charge >= 0.3 is 0 Å². The smallest absolute Gasteiger partial charge is 0.262 e. The van der Waals surface area contributed by atoms with E-state index >= 15 is 0 Å². The van der Waals surface area contributed by atoms with Crippen LogP contribution in [0.5, 0.6) is 17.4 Å². The maximum Gasteiger partial charge on any atom is 0.262 e. The Morgan fingerprint density at radius 1 is 0.918 bits per heavy atom. The monoisotopic (exact) mass is 665 g/mol. The topological polar surface area (TPSA) is 112 Å². The molecule has 1 fully saturated rings. The molecule has 1 saturated heterocycles. The van der Waals surface area contributed by atoms with Crippen LogP contribution < -0.4 is 25.0 Å². The number of ether oxygens (including phenoxy) is 2. The van der Waals surface area contributed by atoms with Gasteiger partial charge in [-0.1, -0.05) is 24.3 Å². The quantitative estimate of drug-likeness (QED) is 0.167. The molecule has 11 heteroatoms. The lowest BCUT2D eigenvalue weighted by Crippen LogP contribution is -2.44. The third kappa shape index (κ3) is 8.85. The lowest BCUT2D eigenvalue weighted by atomic mass is 10.1. The van der Waals surface area contributed by atoms with E-state index < -0.39 is 5.91 Å². The van der Waals surface area contributed by atoms with Crippen molar-refractivity contribution < 1.29 is 19.1 Å². The van der Waals surface area contributed by atoms with E-state index in [-0.39, 0.29) is 23.3 Å². The minimum absolute atomic E-state index is 0.0676. The minimum Gasteiger partial charge on any atom is -0.493 e. The van der Waals surface area contributed by atoms with Crippen LogP contribution in [0.15, 0.2) is 66.9 Å². The molecule has 2 N–H and O–H groups in total. The van der Waals surface area contributed by atoms with E-state index in [1.54, 1.807) is 13.2 Å². The Balaban J connectivity index is 1.40. The lowest BCUT2D eigenvalue weighted by Gasteiger charge is -2.34. The normalized spacial score (nSPS) is 13.1. The first-order chi connectivity index (χ1) is 23.7. The summed E-state index contributed by atoms with van der Waals surface area (Å²) in [7, 11) is 3.70. The third-order valence-corrected chi connectivity index (χ3v) is 8.89. The van der Waals surface area contributed by atoms with Crippen LogP contribution >= 0.6 is 0 Å². The van der Waals surface area contributed by atoms with Gasteiger partial charge < -0.3 is 34.8 Å². The summed E-state index contributed by atoms with van der Waals surface area (Å²) < 4.78 is 12.0. The number of aryl methyl sites for hydroxylation is 3. The average Bonchev–Trinajstić information content (AvgIpc) is 3.10. The molecule has 1 aliphatic rings. The maximum absolute atomic E-state index is 13.7. The van der Waals surface area contributed by atoms with Crippen LogP contribution in [0.4, 0.5) is 23.0 Å². The van der Waals surface area contributed by atoms with Gasteiger partial charge in [-0.2, -0.15) is 4.98 Å². The highest BCUT2D eigenvalue weighted by atomic mass is 16.5. The number of anilines is 4. The molecule has 11 nitrogen and oxygen atoms in total. The second-order valence-electron chi connectivity index (χ2n) is 12.2. The summed E-state index contributed by atoms with van der Waals surface area (Å²) in [6, 6.07) is 19.5. The summed E-state index contributed by atoms with van der Waals surface area (Å²) in [4.78, 5) is 42.0. The van der Waals surface area contributed by atoms with Crippen molar-refractivity contribution in [1.82, 2.24) is 19.8 Å². The molecule has 0 saturated carbocycles. The van der Waals surface area contributed by atoms with Crippen molar-refractivity contribution in [1.29, 1.82) is 0 Å². The fourth-order valence-corrected chi connectivity index (χ4v) is 5.84. The first-order valence-corrected chi connectivity index (χ1v) is 16.9. The Hall–Kier alpha value is -5.16. The lowest BCUT2D eigenvalue weighted by molar-refractivity contribution is -0.130. The van der Waals surface area contributed by atoms with Crippen LogP contribution in [-0.2, 0) is 11.2 Å². The number of aromatic nitrogens is 2. The first-order valence-electron chi connectivity index (χ1n) is 16.9. The summed E-state index contributed by atoms with van der Waals surface area (Å²) in [5.74, 6) is 0.888. The van der Waals surface area contributed by atoms with Gasteiger partial charge in [0.2, 0.25) is 17.7 Å². The van der Waals surface area contributed by atoms with Crippen molar-refractivity contribution in [3.05, 3.63) is 89.1 Å². The molecule has 0 atom stereocenters. The number of nitrogens with zero attached hydrogens (tertiary/aromatic N) is 5. The van der Waals surface area contributed by atoms with Gasteiger partial charge in [0.1, 0.15) is 5.56 Å². The third-order valence-electron chi connectivity index (χ3n) is 8.89. The molecule has 1 aromatic heterocycles. The SMILES string of the molecule is CCN(CC)C(=O)CCc1ccc(Oc2nc(Nc3ccc(N4CCN(C)CC4)cc3)ncc2C(=O)Nc2c(C)cccc2C)c(OC)c1. The van der Waals surface area contributed by atoms with E-state index in [4.69, 9.17) is 9.47 Å². The van der Waals surface area contributed by atoms with Crippen molar-refractivity contribution in [3.63, 3.8) is 0 Å². The summed E-state index contributed by atoms with van der Waals surface area (Å²) in [5.41, 5.74) is 5.66. The Morgan fingerprint density at radius 3 is 2.27 bits per heavy atom. The number of hydrogen-bond donors (Lipinski definition) is 2. The van der Waals surface area contributed by atoms with E-state index in [0.29, 0.717) is 37.4 Å². The van der Waals surface area contributed by atoms with E-state index in [9.17, 15) is 9.59 Å². The average molecular weight is 666 g/mol. The summed E-state index contributed by atoms with van der Waals surface area (Å²) in [6.45, 7) is 13.2. The van der Waals surface area contributed by atoms with Gasteiger partial charge in [-0.25, -0.2) is 4.98 Å². The second kappa shape index (κ2) is 16.3. The van der Waals surface area contributed by atoms with Crippen LogP contribution in [0.2, 0.25) is 0 Å². The number of piperazine rings is 1. The van der Waals surface area contributed by atoms with Gasteiger partial charge in [-0.15, -0.1) is 0 Å². The zero-order valence-corrected chi connectivity index (χ0v) is 29.4.